The SMILES string of the molecule is FC1=C(OCC2CCC(COC3=C(OCC4CCC(COC5=C(F)C(F)(F)C(F)(F)C5(F)F)CC4)C(F)(F)C(F)(F)C3(F)F)CC2)C(F)C(F)(F)C1(F)F. The van der Waals surface area contributed by atoms with Gasteiger partial charge in [0, 0.05) is 0 Å². The van der Waals surface area contributed by atoms with E-state index in [-0.39, 0.29) is 51.4 Å². The molecule has 4 nitrogen and oxygen atoms in total. The van der Waals surface area contributed by atoms with E-state index < -0.39 is 138 Å². The predicted molar refractivity (Wildman–Crippen MR) is 142 cm³/mol. The lowest BCUT2D eigenvalue weighted by Gasteiger charge is -2.30. The maximum Gasteiger partial charge on any atom is 0.387 e. The Morgan fingerprint density at radius 2 is 0.685 bits per heavy atom. The summed E-state index contributed by atoms with van der Waals surface area (Å²) in [5.41, 5.74) is 0. The lowest BCUT2D eigenvalue weighted by atomic mass is 9.83. The molecule has 0 saturated heterocycles. The molecule has 0 N–H and O–H groups in total. The summed E-state index contributed by atoms with van der Waals surface area (Å²) in [6, 6.07) is 0. The molecule has 5 rings (SSSR count). The van der Waals surface area contributed by atoms with E-state index in [1.165, 1.54) is 0 Å². The Morgan fingerprint density at radius 3 is 0.981 bits per heavy atom. The van der Waals surface area contributed by atoms with Crippen molar-refractivity contribution >= 4 is 0 Å². The standard InChI is InChI=1S/C31H29F19O4/c32-18-17(19(33)25(37,38)24(18,35)36)51-9-13-1-3-15(4-2-13)11-53-22-23(29(45,46)31(49,50)28(22,43)44)54-12-16-7-5-14(6-8-16)10-52-21-20(34)26(39,40)30(47,48)27(21,41)42/h13-16,18H,1-12H2. The van der Waals surface area contributed by atoms with E-state index in [1.807, 2.05) is 0 Å². The molecule has 310 valence electrons. The van der Waals surface area contributed by atoms with Gasteiger partial charge in [-0.2, -0.15) is 70.2 Å². The van der Waals surface area contributed by atoms with E-state index >= 15 is 0 Å². The smallest absolute Gasteiger partial charge is 0.387 e. The highest BCUT2D eigenvalue weighted by molar-refractivity contribution is 5.35. The maximum absolute atomic E-state index is 14.7. The Labute approximate surface area is 292 Å². The third-order valence-electron chi connectivity index (χ3n) is 10.4. The van der Waals surface area contributed by atoms with Crippen LogP contribution in [-0.2, 0) is 18.9 Å². The van der Waals surface area contributed by atoms with Crippen LogP contribution in [0.4, 0.5) is 83.4 Å². The maximum atomic E-state index is 14.7. The summed E-state index contributed by atoms with van der Waals surface area (Å²) in [6.45, 7) is -3.38. The van der Waals surface area contributed by atoms with Gasteiger partial charge in [-0.25, -0.2) is 13.2 Å². The highest BCUT2D eigenvalue weighted by atomic mass is 19.4. The van der Waals surface area contributed by atoms with Crippen LogP contribution < -0.4 is 0 Å². The minimum absolute atomic E-state index is 0.000575. The topological polar surface area (TPSA) is 36.9 Å². The zero-order valence-corrected chi connectivity index (χ0v) is 27.2. The lowest BCUT2D eigenvalue weighted by Crippen LogP contribution is -2.49. The number of halogens is 19. The number of alkyl halides is 17. The molecule has 0 aliphatic heterocycles. The second kappa shape index (κ2) is 13.6. The van der Waals surface area contributed by atoms with E-state index in [0.29, 0.717) is 0 Å². The van der Waals surface area contributed by atoms with Crippen molar-refractivity contribution in [1.29, 1.82) is 0 Å². The van der Waals surface area contributed by atoms with Crippen molar-refractivity contribution in [2.45, 2.75) is 105 Å². The molecule has 1 unspecified atom stereocenters. The minimum atomic E-state index is -6.12. The van der Waals surface area contributed by atoms with Gasteiger partial charge in [-0.1, -0.05) is 0 Å². The van der Waals surface area contributed by atoms with Gasteiger partial charge in [-0.05, 0) is 75.0 Å². The van der Waals surface area contributed by atoms with E-state index in [9.17, 15) is 83.4 Å². The van der Waals surface area contributed by atoms with E-state index in [2.05, 4.69) is 9.47 Å². The molecule has 0 aromatic heterocycles. The zero-order valence-electron chi connectivity index (χ0n) is 27.2. The Morgan fingerprint density at radius 1 is 0.389 bits per heavy atom. The molecular formula is C31H29F19O4. The number of hydrogen-bond donors (Lipinski definition) is 0. The fourth-order valence-corrected chi connectivity index (χ4v) is 6.81. The van der Waals surface area contributed by atoms with Gasteiger partial charge < -0.3 is 18.9 Å². The van der Waals surface area contributed by atoms with Crippen molar-refractivity contribution in [2.24, 2.45) is 23.7 Å². The molecule has 2 fully saturated rings. The first-order valence-corrected chi connectivity index (χ1v) is 16.3. The summed E-state index contributed by atoms with van der Waals surface area (Å²) in [6.07, 6.45) is -4.25. The first kappa shape index (κ1) is 42.2. The van der Waals surface area contributed by atoms with Crippen LogP contribution in [0, 0.1) is 23.7 Å². The molecule has 0 heterocycles. The molecule has 0 amide bonds. The van der Waals surface area contributed by atoms with Crippen LogP contribution in [0.2, 0.25) is 0 Å². The molecule has 54 heavy (non-hydrogen) atoms. The van der Waals surface area contributed by atoms with Crippen LogP contribution in [0.1, 0.15) is 51.4 Å². The molecular weight excluding hydrogens is 797 g/mol. The van der Waals surface area contributed by atoms with E-state index in [4.69, 9.17) is 9.47 Å². The Bertz CT molecular complexity index is 1520. The Kier molecular flexibility index (Phi) is 10.7. The van der Waals surface area contributed by atoms with Crippen LogP contribution in [0.15, 0.2) is 34.7 Å². The van der Waals surface area contributed by atoms with Gasteiger partial charge in [-0.15, -0.1) is 0 Å². The molecule has 0 aromatic rings. The largest absolute Gasteiger partial charge is 0.491 e. The van der Waals surface area contributed by atoms with Crippen molar-refractivity contribution in [3.63, 3.8) is 0 Å². The monoisotopic (exact) mass is 826 g/mol. The van der Waals surface area contributed by atoms with Crippen LogP contribution in [0.25, 0.3) is 0 Å². The molecule has 2 saturated carbocycles. The molecule has 0 radical (unpaired) electrons. The van der Waals surface area contributed by atoms with Crippen molar-refractivity contribution in [3.8, 4) is 0 Å². The van der Waals surface area contributed by atoms with Gasteiger partial charge in [0.1, 0.15) is 0 Å². The third kappa shape index (κ3) is 6.31. The van der Waals surface area contributed by atoms with Crippen LogP contribution in [-0.4, -0.2) is 80.0 Å². The summed E-state index contributed by atoms with van der Waals surface area (Å²) >= 11 is 0. The van der Waals surface area contributed by atoms with Gasteiger partial charge in [0.2, 0.25) is 35.1 Å². The zero-order chi connectivity index (χ0) is 40.7. The first-order chi connectivity index (χ1) is 24.6. The van der Waals surface area contributed by atoms with Crippen molar-refractivity contribution in [2.75, 3.05) is 26.4 Å². The molecule has 23 heteroatoms. The predicted octanol–water partition coefficient (Wildman–Crippen LogP) is 10.7. The Hall–Kier alpha value is -2.91. The lowest BCUT2D eigenvalue weighted by molar-refractivity contribution is -0.277. The van der Waals surface area contributed by atoms with Gasteiger partial charge in [0.25, 0.3) is 0 Å². The van der Waals surface area contributed by atoms with E-state index in [0.717, 1.165) is 0 Å². The number of hydrogen-bond acceptors (Lipinski definition) is 4. The highest BCUT2D eigenvalue weighted by Gasteiger charge is 2.84. The van der Waals surface area contributed by atoms with Gasteiger partial charge in [0.15, 0.2) is 5.76 Å². The van der Waals surface area contributed by atoms with E-state index in [1.54, 1.807) is 0 Å². The third-order valence-corrected chi connectivity index (χ3v) is 10.4. The van der Waals surface area contributed by atoms with Gasteiger partial charge in [0.05, 0.1) is 26.4 Å². The average molecular weight is 827 g/mol. The summed E-state index contributed by atoms with van der Waals surface area (Å²) in [7, 11) is 0. The van der Waals surface area contributed by atoms with Crippen molar-refractivity contribution in [3.05, 3.63) is 34.7 Å². The number of allylic oxidation sites excluding steroid dienone is 6. The summed E-state index contributed by atoms with van der Waals surface area (Å²) in [5.74, 6) is -63.6. The number of rotatable bonds is 12. The summed E-state index contributed by atoms with van der Waals surface area (Å²) < 4.78 is 282. The quantitative estimate of drug-likeness (QED) is 0.184. The van der Waals surface area contributed by atoms with Crippen LogP contribution in [0.3, 0.4) is 0 Å². The molecule has 5 aliphatic carbocycles. The summed E-state index contributed by atoms with van der Waals surface area (Å²) in [5, 5.41) is 0. The van der Waals surface area contributed by atoms with Gasteiger partial charge in [-0.3, -0.25) is 0 Å². The van der Waals surface area contributed by atoms with Crippen LogP contribution in [0.5, 0.6) is 0 Å². The molecule has 5 aliphatic rings. The first-order valence-electron chi connectivity index (χ1n) is 16.3. The van der Waals surface area contributed by atoms with Gasteiger partial charge >= 0.3 is 47.4 Å². The minimum Gasteiger partial charge on any atom is -0.491 e. The molecule has 0 bridgehead atoms. The normalized spacial score (nSPS) is 34.3. The number of ether oxygens (including phenoxy) is 4. The second-order valence-electron chi connectivity index (χ2n) is 14.0. The molecule has 0 spiro atoms. The van der Waals surface area contributed by atoms with Crippen molar-refractivity contribution in [1.82, 2.24) is 0 Å². The average Bonchev–Trinajstić information content (AvgIpc) is 3.31. The highest BCUT2D eigenvalue weighted by Crippen LogP contribution is 2.61. The van der Waals surface area contributed by atoms with Crippen molar-refractivity contribution < 1.29 is 102 Å². The fourth-order valence-electron chi connectivity index (χ4n) is 6.81. The second-order valence-corrected chi connectivity index (χ2v) is 14.0. The Balaban J connectivity index is 1.14. The summed E-state index contributed by atoms with van der Waals surface area (Å²) in [4.78, 5) is 0. The fraction of sp³-hybridized carbons (Fsp3) is 0.806. The molecule has 1 atom stereocenters. The molecule has 0 aromatic carbocycles. The van der Waals surface area contributed by atoms with Crippen LogP contribution >= 0.6 is 0 Å².